The normalized spacial score (nSPS) is 12.8. The van der Waals surface area contributed by atoms with Gasteiger partial charge in [-0.25, -0.2) is 0 Å². The van der Waals surface area contributed by atoms with Crippen molar-refractivity contribution in [2.75, 3.05) is 0 Å². The van der Waals surface area contributed by atoms with Crippen LogP contribution in [0, 0.1) is 11.2 Å². The van der Waals surface area contributed by atoms with Gasteiger partial charge in [-0.1, -0.05) is 62.2 Å². The molecule has 144 valence electrons. The topological polar surface area (TPSA) is 0 Å². The third-order valence-corrected chi connectivity index (χ3v) is 7.04. The number of benzene rings is 2. The summed E-state index contributed by atoms with van der Waals surface area (Å²) in [5.74, 6) is 3.45. The van der Waals surface area contributed by atoms with Crippen molar-refractivity contribution in [2.24, 2.45) is 0 Å². The predicted molar refractivity (Wildman–Crippen MR) is 108 cm³/mol. The van der Waals surface area contributed by atoms with Crippen LogP contribution in [0.1, 0.15) is 39.0 Å². The molecule has 0 nitrogen and oxygen atoms in total. The summed E-state index contributed by atoms with van der Waals surface area (Å²) in [6, 6.07) is 17.4. The van der Waals surface area contributed by atoms with Gasteiger partial charge in [-0.05, 0) is 36.6 Å². The van der Waals surface area contributed by atoms with Crippen molar-refractivity contribution in [2.45, 2.75) is 58.6 Å². The lowest BCUT2D eigenvalue weighted by Crippen LogP contribution is -2.07. The highest BCUT2D eigenvalue weighted by Gasteiger charge is 2.34. The monoisotopic (exact) mass is 412 g/mol. The van der Waals surface area contributed by atoms with Crippen LogP contribution in [0.3, 0.4) is 0 Å². The van der Waals surface area contributed by atoms with E-state index in [2.05, 4.69) is 66.6 Å². The van der Waals surface area contributed by atoms with Crippen LogP contribution in [-0.4, -0.2) is 7.25 Å². The molecular formula is C20H21BF4S2. The van der Waals surface area contributed by atoms with Crippen molar-refractivity contribution in [3.05, 3.63) is 48.5 Å². The zero-order valence-corrected chi connectivity index (χ0v) is 16.7. The van der Waals surface area contributed by atoms with Gasteiger partial charge in [0.05, 0.1) is 9.79 Å². The van der Waals surface area contributed by atoms with Gasteiger partial charge in [0.1, 0.15) is 0 Å². The first-order valence-corrected chi connectivity index (χ1v) is 10.9. The van der Waals surface area contributed by atoms with Crippen LogP contribution < -0.4 is 0 Å². The summed E-state index contributed by atoms with van der Waals surface area (Å²) in [6.45, 7) is 2.25. The molecule has 3 rings (SSSR count). The molecule has 1 aliphatic heterocycles. The lowest BCUT2D eigenvalue weighted by atomic mass is 10.2. The molecule has 0 saturated heterocycles. The van der Waals surface area contributed by atoms with Crippen molar-refractivity contribution in [1.29, 1.82) is 0 Å². The van der Waals surface area contributed by atoms with Crippen LogP contribution in [0.25, 0.3) is 0 Å². The zero-order valence-electron chi connectivity index (χ0n) is 15.1. The van der Waals surface area contributed by atoms with Crippen LogP contribution in [0.5, 0.6) is 0 Å². The van der Waals surface area contributed by atoms with Crippen molar-refractivity contribution in [3.8, 4) is 11.2 Å². The molecule has 2 aromatic carbocycles. The zero-order chi connectivity index (χ0) is 19.7. The fraction of sp³-hybridized carbons (Fsp3) is 0.300. The minimum atomic E-state index is -6.00. The average Bonchev–Trinajstić information content (AvgIpc) is 2.62. The smallest absolute Gasteiger partial charge is 0.418 e. The molecule has 0 saturated carbocycles. The minimum absolute atomic E-state index is 0.0837. The summed E-state index contributed by atoms with van der Waals surface area (Å²) in [7, 11) is -6.08. The summed E-state index contributed by atoms with van der Waals surface area (Å²) >= 11 is 1.88. The molecule has 7 heteroatoms. The molecule has 1 aliphatic rings. The fourth-order valence-electron chi connectivity index (χ4n) is 2.52. The number of halogens is 4. The van der Waals surface area contributed by atoms with E-state index in [9.17, 15) is 17.3 Å². The Kier molecular flexibility index (Phi) is 8.65. The molecule has 0 fully saturated rings. The van der Waals surface area contributed by atoms with E-state index >= 15 is 0 Å². The minimum Gasteiger partial charge on any atom is -0.418 e. The van der Waals surface area contributed by atoms with Gasteiger partial charge in [-0.2, -0.15) is 0 Å². The highest BCUT2D eigenvalue weighted by atomic mass is 32.2. The molecule has 0 N–H and O–H groups in total. The number of fused-ring (bicyclic) bond motifs is 2. The molecule has 0 atom stereocenters. The Morgan fingerprint density at radius 2 is 1.37 bits per heavy atom. The second kappa shape index (κ2) is 10.7. The van der Waals surface area contributed by atoms with E-state index in [1.165, 1.54) is 45.3 Å². The van der Waals surface area contributed by atoms with E-state index in [-0.39, 0.29) is 10.9 Å². The Hall–Kier alpha value is -1.52. The first kappa shape index (κ1) is 21.8. The lowest BCUT2D eigenvalue weighted by Gasteiger charge is -2.14. The number of unbranched alkanes of at least 4 members (excludes halogenated alkanes) is 4. The molecule has 1 heterocycles. The lowest BCUT2D eigenvalue weighted by molar-refractivity contribution is 0.368. The summed E-state index contributed by atoms with van der Waals surface area (Å²) in [6.07, 6.45) is 6.19. The maximum absolute atomic E-state index is 9.75. The van der Waals surface area contributed by atoms with Crippen LogP contribution >= 0.6 is 11.8 Å². The maximum atomic E-state index is 9.75. The summed E-state index contributed by atoms with van der Waals surface area (Å²) in [5, 5.41) is 3.58. The standard InChI is InChI=1S/C20H21S2.BF4/c1-2-3-4-5-6-11-16-22-19-14-9-7-12-17(19)21-18-13-8-10-15-20(18)22;2-1(3,4)5/h7-10,12-15H,2-6H2,1H3;/q+1;-1. The van der Waals surface area contributed by atoms with E-state index in [0.29, 0.717) is 0 Å². The van der Waals surface area contributed by atoms with Crippen molar-refractivity contribution >= 4 is 29.9 Å². The predicted octanol–water partition coefficient (Wildman–Crippen LogP) is 7.42. The van der Waals surface area contributed by atoms with Crippen LogP contribution in [0.15, 0.2) is 68.1 Å². The van der Waals surface area contributed by atoms with Crippen LogP contribution in [-0.2, 0) is 10.9 Å². The molecule has 0 aromatic heterocycles. The summed E-state index contributed by atoms with van der Waals surface area (Å²) in [4.78, 5) is 5.52. The van der Waals surface area contributed by atoms with E-state index in [4.69, 9.17) is 0 Å². The van der Waals surface area contributed by atoms with Crippen molar-refractivity contribution in [3.63, 3.8) is 0 Å². The second-order valence-corrected chi connectivity index (χ2v) is 8.67. The van der Waals surface area contributed by atoms with E-state index < -0.39 is 7.25 Å². The number of hydrogen-bond acceptors (Lipinski definition) is 1. The van der Waals surface area contributed by atoms with E-state index in [1.54, 1.807) is 0 Å². The molecule has 27 heavy (non-hydrogen) atoms. The van der Waals surface area contributed by atoms with Gasteiger partial charge < -0.3 is 17.3 Å². The second-order valence-electron chi connectivity index (χ2n) is 5.89. The fourth-order valence-corrected chi connectivity index (χ4v) is 5.80. The third-order valence-electron chi connectivity index (χ3n) is 3.69. The van der Waals surface area contributed by atoms with E-state index in [0.717, 1.165) is 6.42 Å². The molecule has 0 amide bonds. The van der Waals surface area contributed by atoms with Crippen molar-refractivity contribution < 1.29 is 17.3 Å². The summed E-state index contributed by atoms with van der Waals surface area (Å²) < 4.78 is 39.0. The Morgan fingerprint density at radius 3 is 1.89 bits per heavy atom. The Balaban J connectivity index is 0.000000465. The third kappa shape index (κ3) is 7.55. The van der Waals surface area contributed by atoms with Gasteiger partial charge in [-0.3, -0.25) is 0 Å². The van der Waals surface area contributed by atoms with Gasteiger partial charge in [0.15, 0.2) is 25.9 Å². The quantitative estimate of drug-likeness (QED) is 0.166. The molecule has 0 unspecified atom stereocenters. The Bertz CT molecular complexity index is 745. The first-order chi connectivity index (χ1) is 12.9. The summed E-state index contributed by atoms with van der Waals surface area (Å²) in [5.41, 5.74) is 0. The highest BCUT2D eigenvalue weighted by Crippen LogP contribution is 2.44. The first-order valence-electron chi connectivity index (χ1n) is 8.86. The van der Waals surface area contributed by atoms with Gasteiger partial charge in [0.2, 0.25) is 0 Å². The van der Waals surface area contributed by atoms with Crippen LogP contribution in [0.4, 0.5) is 17.3 Å². The average molecular weight is 412 g/mol. The number of hydrogen-bond donors (Lipinski definition) is 0. The van der Waals surface area contributed by atoms with E-state index in [1.807, 2.05) is 11.8 Å². The van der Waals surface area contributed by atoms with Gasteiger partial charge in [0.25, 0.3) is 0 Å². The number of rotatable bonds is 4. The molecule has 0 bridgehead atoms. The van der Waals surface area contributed by atoms with Gasteiger partial charge in [0, 0.05) is 6.42 Å². The molecular weight excluding hydrogens is 391 g/mol. The Labute approximate surface area is 165 Å². The van der Waals surface area contributed by atoms with Crippen molar-refractivity contribution in [1.82, 2.24) is 0 Å². The molecule has 0 spiro atoms. The molecule has 0 radical (unpaired) electrons. The van der Waals surface area contributed by atoms with Crippen LogP contribution in [0.2, 0.25) is 0 Å². The maximum Gasteiger partial charge on any atom is 0.673 e. The molecule has 0 aliphatic carbocycles. The SMILES string of the molecule is CCCCCCC#C[S+]1c2ccccc2Sc2ccccc21.F[B-](F)(F)F. The van der Waals surface area contributed by atoms with Gasteiger partial charge in [-0.15, -0.1) is 0 Å². The largest absolute Gasteiger partial charge is 0.673 e. The highest BCUT2D eigenvalue weighted by molar-refractivity contribution is 8.06. The Morgan fingerprint density at radius 1 is 0.852 bits per heavy atom. The van der Waals surface area contributed by atoms with Gasteiger partial charge >= 0.3 is 7.25 Å². The molecule has 2 aromatic rings.